The molecule has 0 unspecified atom stereocenters. The second-order valence-electron chi connectivity index (χ2n) is 7.37. The fraction of sp³-hybridized carbons (Fsp3) is 0.545. The molecule has 28 heavy (non-hydrogen) atoms. The number of piperidine rings is 1. The summed E-state index contributed by atoms with van der Waals surface area (Å²) in [5, 5.41) is 0. The molecule has 1 amide bonds. The number of nitrogens with zero attached hydrogens (tertiary/aromatic N) is 1. The number of carbonyl (C=O) groups excluding carboxylic acids is 2. The zero-order chi connectivity index (χ0) is 19.9. The van der Waals surface area contributed by atoms with Crippen LogP contribution in [0.15, 0.2) is 24.3 Å². The topological polar surface area (TPSA) is 65.1 Å². The van der Waals surface area contributed by atoms with Crippen LogP contribution in [-0.4, -0.2) is 50.2 Å². The monoisotopic (exact) mass is 387 g/mol. The number of rotatable bonds is 6. The van der Waals surface area contributed by atoms with Crippen LogP contribution in [0.5, 0.6) is 11.5 Å². The normalized spacial score (nSPS) is 21.9. The zero-order valence-corrected chi connectivity index (χ0v) is 16.7. The lowest BCUT2D eigenvalue weighted by Gasteiger charge is -2.44. The number of hydrogen-bond donors (Lipinski definition) is 0. The first-order chi connectivity index (χ1) is 13.6. The van der Waals surface area contributed by atoms with Crippen molar-refractivity contribution in [1.82, 2.24) is 4.90 Å². The molecule has 2 fully saturated rings. The highest BCUT2D eigenvalue weighted by Crippen LogP contribution is 2.35. The second kappa shape index (κ2) is 9.62. The summed E-state index contributed by atoms with van der Waals surface area (Å²) in [6.45, 7) is 0.566. The summed E-state index contributed by atoms with van der Waals surface area (Å²) in [5.41, 5.74) is 0.700. The van der Waals surface area contributed by atoms with E-state index in [1.807, 2.05) is 17.0 Å². The Bertz CT molecular complexity index is 728. The number of amides is 1. The summed E-state index contributed by atoms with van der Waals surface area (Å²) in [6, 6.07) is 5.73. The number of fused-ring (bicyclic) bond motifs is 1. The Labute approximate surface area is 166 Å². The maximum absolute atomic E-state index is 12.6. The van der Waals surface area contributed by atoms with Crippen molar-refractivity contribution in [2.24, 2.45) is 5.92 Å². The van der Waals surface area contributed by atoms with Crippen LogP contribution in [0.3, 0.4) is 0 Å². The highest BCUT2D eigenvalue weighted by Gasteiger charge is 2.35. The molecular weight excluding hydrogens is 358 g/mol. The van der Waals surface area contributed by atoms with E-state index in [2.05, 4.69) is 0 Å². The summed E-state index contributed by atoms with van der Waals surface area (Å²) in [5.74, 6) is 1.11. The van der Waals surface area contributed by atoms with E-state index in [1.165, 1.54) is 31.8 Å². The number of esters is 1. The maximum Gasteiger partial charge on any atom is 0.331 e. The Morgan fingerprint density at radius 1 is 1.11 bits per heavy atom. The third-order valence-corrected chi connectivity index (χ3v) is 5.73. The van der Waals surface area contributed by atoms with E-state index in [0.29, 0.717) is 29.0 Å². The molecule has 0 spiro atoms. The maximum atomic E-state index is 12.6. The van der Waals surface area contributed by atoms with Gasteiger partial charge in [-0.1, -0.05) is 25.0 Å². The summed E-state index contributed by atoms with van der Waals surface area (Å²) in [6.07, 6.45) is 9.87. The summed E-state index contributed by atoms with van der Waals surface area (Å²) in [4.78, 5) is 26.6. The van der Waals surface area contributed by atoms with Crippen LogP contribution in [0.25, 0.3) is 6.08 Å². The first-order valence-corrected chi connectivity index (χ1v) is 9.99. The van der Waals surface area contributed by atoms with Crippen LogP contribution in [-0.2, 0) is 14.3 Å². The van der Waals surface area contributed by atoms with Crippen LogP contribution in [0.2, 0.25) is 0 Å². The van der Waals surface area contributed by atoms with Crippen molar-refractivity contribution in [3.63, 3.8) is 0 Å². The number of para-hydroxylation sites is 1. The van der Waals surface area contributed by atoms with E-state index >= 15 is 0 Å². The SMILES string of the molecule is COc1cccc(/C=C/C(=O)OCC(=O)N2CCC[C@@H]3CCCC[C@H]32)c1OC. The van der Waals surface area contributed by atoms with Crippen LogP contribution in [0.1, 0.15) is 44.1 Å². The van der Waals surface area contributed by atoms with Gasteiger partial charge in [-0.15, -0.1) is 0 Å². The molecule has 1 saturated carbocycles. The van der Waals surface area contributed by atoms with Crippen molar-refractivity contribution in [2.75, 3.05) is 27.4 Å². The number of benzene rings is 1. The lowest BCUT2D eigenvalue weighted by molar-refractivity contribution is -0.151. The van der Waals surface area contributed by atoms with Gasteiger partial charge in [0.05, 0.1) is 14.2 Å². The number of carbonyl (C=O) groups is 2. The minimum absolute atomic E-state index is 0.0858. The van der Waals surface area contributed by atoms with Crippen LogP contribution in [0.4, 0.5) is 0 Å². The average Bonchev–Trinajstić information content (AvgIpc) is 2.75. The van der Waals surface area contributed by atoms with Crippen molar-refractivity contribution in [3.05, 3.63) is 29.8 Å². The van der Waals surface area contributed by atoms with Crippen LogP contribution < -0.4 is 9.47 Å². The van der Waals surface area contributed by atoms with Crippen molar-refractivity contribution in [3.8, 4) is 11.5 Å². The Morgan fingerprint density at radius 2 is 1.89 bits per heavy atom. The smallest absolute Gasteiger partial charge is 0.331 e. The molecule has 6 heteroatoms. The molecule has 3 rings (SSSR count). The number of methoxy groups -OCH3 is 2. The molecule has 1 saturated heterocycles. The zero-order valence-electron chi connectivity index (χ0n) is 16.7. The third-order valence-electron chi connectivity index (χ3n) is 5.73. The largest absolute Gasteiger partial charge is 0.493 e. The minimum Gasteiger partial charge on any atom is -0.493 e. The Kier molecular flexibility index (Phi) is 6.95. The highest BCUT2D eigenvalue weighted by atomic mass is 16.5. The van der Waals surface area contributed by atoms with Gasteiger partial charge < -0.3 is 19.1 Å². The van der Waals surface area contributed by atoms with Gasteiger partial charge in [0.15, 0.2) is 18.1 Å². The fourth-order valence-electron chi connectivity index (χ4n) is 4.40. The Hall–Kier alpha value is -2.50. The van der Waals surface area contributed by atoms with E-state index in [-0.39, 0.29) is 12.5 Å². The molecule has 1 aromatic rings. The van der Waals surface area contributed by atoms with Crippen molar-refractivity contribution < 1.29 is 23.8 Å². The van der Waals surface area contributed by atoms with Gasteiger partial charge in [0.2, 0.25) is 0 Å². The number of ether oxygens (including phenoxy) is 3. The quantitative estimate of drug-likeness (QED) is 0.553. The molecule has 1 heterocycles. The van der Waals surface area contributed by atoms with Gasteiger partial charge in [-0.3, -0.25) is 4.79 Å². The van der Waals surface area contributed by atoms with Gasteiger partial charge in [-0.2, -0.15) is 0 Å². The lowest BCUT2D eigenvalue weighted by atomic mass is 9.78. The van der Waals surface area contributed by atoms with Crippen LogP contribution in [0, 0.1) is 5.92 Å². The van der Waals surface area contributed by atoms with Gasteiger partial charge >= 0.3 is 5.97 Å². The molecule has 1 aliphatic heterocycles. The molecule has 152 valence electrons. The fourth-order valence-corrected chi connectivity index (χ4v) is 4.40. The van der Waals surface area contributed by atoms with Gasteiger partial charge in [0, 0.05) is 24.2 Å². The molecule has 2 aliphatic rings. The van der Waals surface area contributed by atoms with E-state index < -0.39 is 5.97 Å². The molecule has 2 atom stereocenters. The summed E-state index contributed by atoms with van der Waals surface area (Å²) in [7, 11) is 3.10. The molecule has 6 nitrogen and oxygen atoms in total. The first-order valence-electron chi connectivity index (χ1n) is 9.99. The number of hydrogen-bond acceptors (Lipinski definition) is 5. The molecule has 0 bridgehead atoms. The van der Waals surface area contributed by atoms with Gasteiger partial charge in [0.1, 0.15) is 0 Å². The summed E-state index contributed by atoms with van der Waals surface area (Å²) < 4.78 is 15.8. The Morgan fingerprint density at radius 3 is 2.68 bits per heavy atom. The van der Waals surface area contributed by atoms with Gasteiger partial charge in [0.25, 0.3) is 5.91 Å². The molecule has 0 radical (unpaired) electrons. The van der Waals surface area contributed by atoms with Crippen LogP contribution >= 0.6 is 0 Å². The minimum atomic E-state index is -0.546. The van der Waals surface area contributed by atoms with E-state index in [1.54, 1.807) is 26.4 Å². The third kappa shape index (κ3) is 4.66. The van der Waals surface area contributed by atoms with Gasteiger partial charge in [-0.25, -0.2) is 4.79 Å². The predicted molar refractivity (Wildman–Crippen MR) is 106 cm³/mol. The molecule has 0 aromatic heterocycles. The van der Waals surface area contributed by atoms with E-state index in [0.717, 1.165) is 19.4 Å². The summed E-state index contributed by atoms with van der Waals surface area (Å²) >= 11 is 0. The molecule has 1 aromatic carbocycles. The van der Waals surface area contributed by atoms with Crippen molar-refractivity contribution >= 4 is 18.0 Å². The second-order valence-corrected chi connectivity index (χ2v) is 7.37. The average molecular weight is 387 g/mol. The standard InChI is InChI=1S/C22H29NO5/c1-26-19-11-5-8-17(22(19)27-2)12-13-21(25)28-15-20(24)23-14-6-9-16-7-3-4-10-18(16)23/h5,8,11-13,16,18H,3-4,6-7,9-10,14-15H2,1-2H3/b13-12+/t16-,18+/m0/s1. The lowest BCUT2D eigenvalue weighted by Crippen LogP contribution is -2.50. The predicted octanol–water partition coefficient (Wildman–Crippen LogP) is 3.44. The van der Waals surface area contributed by atoms with Gasteiger partial charge in [-0.05, 0) is 43.7 Å². The molecular formula is C22H29NO5. The van der Waals surface area contributed by atoms with E-state index in [9.17, 15) is 9.59 Å². The Balaban J connectivity index is 1.55. The number of likely N-dealkylation sites (tertiary alicyclic amines) is 1. The molecule has 0 N–H and O–H groups in total. The van der Waals surface area contributed by atoms with Crippen molar-refractivity contribution in [1.29, 1.82) is 0 Å². The van der Waals surface area contributed by atoms with Crippen molar-refractivity contribution in [2.45, 2.75) is 44.6 Å². The highest BCUT2D eigenvalue weighted by molar-refractivity contribution is 5.90. The molecule has 1 aliphatic carbocycles. The first kappa shape index (κ1) is 20.2. The van der Waals surface area contributed by atoms with E-state index in [4.69, 9.17) is 14.2 Å².